The molecule has 0 saturated heterocycles. The Labute approximate surface area is 234 Å². The monoisotopic (exact) mass is 560 g/mol. The standard InChI is InChI=1S/C31H45O7P/c1-8-9-10-11-12-13-14-15-28(32)35-26-20-16-24(17-21-26)29(33)25-18-22-27(23-19-25)36-39(34,37-30(2,3)4)38-31(5,6)7/h16-23H,8-15H2,1-7H3. The summed E-state index contributed by atoms with van der Waals surface area (Å²) in [5.41, 5.74) is -0.640. The zero-order chi connectivity index (χ0) is 29.1. The summed E-state index contributed by atoms with van der Waals surface area (Å²) < 4.78 is 35.7. The molecule has 0 saturated carbocycles. The average molecular weight is 561 g/mol. The molecule has 0 heterocycles. The maximum Gasteiger partial charge on any atom is 0.531 e. The molecule has 0 aliphatic rings. The van der Waals surface area contributed by atoms with E-state index in [0.717, 1.165) is 19.3 Å². The molecule has 39 heavy (non-hydrogen) atoms. The molecule has 0 aromatic heterocycles. The predicted octanol–water partition coefficient (Wildman–Crippen LogP) is 9.08. The molecular weight excluding hydrogens is 515 g/mol. The average Bonchev–Trinajstić information content (AvgIpc) is 2.81. The first kappa shape index (κ1) is 32.7. The van der Waals surface area contributed by atoms with Crippen LogP contribution in [-0.4, -0.2) is 23.0 Å². The fourth-order valence-corrected chi connectivity index (χ4v) is 5.61. The molecule has 2 aromatic carbocycles. The van der Waals surface area contributed by atoms with Gasteiger partial charge >= 0.3 is 13.8 Å². The quantitative estimate of drug-likeness (QED) is 0.0706. The van der Waals surface area contributed by atoms with Crippen LogP contribution in [0.2, 0.25) is 0 Å². The van der Waals surface area contributed by atoms with Crippen LogP contribution in [-0.2, 0) is 18.4 Å². The van der Waals surface area contributed by atoms with E-state index < -0.39 is 19.0 Å². The molecule has 0 spiro atoms. The van der Waals surface area contributed by atoms with Crippen LogP contribution in [0.25, 0.3) is 0 Å². The van der Waals surface area contributed by atoms with Gasteiger partial charge in [0.25, 0.3) is 0 Å². The molecule has 0 amide bonds. The molecular formula is C31H45O7P. The Balaban J connectivity index is 1.94. The van der Waals surface area contributed by atoms with Gasteiger partial charge in [0.15, 0.2) is 5.78 Å². The summed E-state index contributed by atoms with van der Waals surface area (Å²) in [7, 11) is -3.94. The van der Waals surface area contributed by atoms with Crippen molar-refractivity contribution in [2.24, 2.45) is 0 Å². The molecule has 0 aliphatic heterocycles. The third kappa shape index (κ3) is 13.0. The van der Waals surface area contributed by atoms with Gasteiger partial charge in [0.2, 0.25) is 0 Å². The Morgan fingerprint density at radius 3 is 1.56 bits per heavy atom. The number of rotatable bonds is 15. The highest BCUT2D eigenvalue weighted by Gasteiger charge is 2.38. The number of hydrogen-bond acceptors (Lipinski definition) is 7. The van der Waals surface area contributed by atoms with E-state index >= 15 is 0 Å². The number of benzene rings is 2. The molecule has 8 heteroatoms. The van der Waals surface area contributed by atoms with Gasteiger partial charge in [-0.2, -0.15) is 0 Å². The molecule has 0 radical (unpaired) electrons. The van der Waals surface area contributed by atoms with Crippen molar-refractivity contribution in [3.05, 3.63) is 59.7 Å². The topological polar surface area (TPSA) is 88.1 Å². The lowest BCUT2D eigenvalue weighted by Gasteiger charge is -2.30. The van der Waals surface area contributed by atoms with Crippen molar-refractivity contribution in [1.29, 1.82) is 0 Å². The van der Waals surface area contributed by atoms with E-state index in [2.05, 4.69) is 6.92 Å². The maximum atomic E-state index is 13.3. The van der Waals surface area contributed by atoms with Crippen LogP contribution in [0.3, 0.4) is 0 Å². The summed E-state index contributed by atoms with van der Waals surface area (Å²) >= 11 is 0. The Morgan fingerprint density at radius 1 is 0.667 bits per heavy atom. The second-order valence-corrected chi connectivity index (χ2v) is 13.1. The normalized spacial score (nSPS) is 12.3. The van der Waals surface area contributed by atoms with Crippen molar-refractivity contribution >= 4 is 19.6 Å². The lowest BCUT2D eigenvalue weighted by atomic mass is 10.0. The molecule has 0 unspecified atom stereocenters. The third-order valence-electron chi connectivity index (χ3n) is 5.44. The van der Waals surface area contributed by atoms with Gasteiger partial charge in [0, 0.05) is 17.5 Å². The summed E-state index contributed by atoms with van der Waals surface area (Å²) in [4.78, 5) is 25.1. The molecule has 0 aliphatic carbocycles. The lowest BCUT2D eigenvalue weighted by Crippen LogP contribution is -2.25. The Hall–Kier alpha value is -2.47. The van der Waals surface area contributed by atoms with Gasteiger partial charge in [-0.05, 0) is 96.5 Å². The first-order valence-corrected chi connectivity index (χ1v) is 15.3. The second kappa shape index (κ2) is 14.8. The van der Waals surface area contributed by atoms with Crippen molar-refractivity contribution in [3.63, 3.8) is 0 Å². The van der Waals surface area contributed by atoms with Gasteiger partial charge in [-0.3, -0.25) is 18.6 Å². The van der Waals surface area contributed by atoms with Crippen LogP contribution < -0.4 is 9.26 Å². The van der Waals surface area contributed by atoms with Crippen LogP contribution in [0.4, 0.5) is 0 Å². The Kier molecular flexibility index (Phi) is 12.4. The van der Waals surface area contributed by atoms with Crippen LogP contribution in [0.5, 0.6) is 11.5 Å². The molecule has 0 fully saturated rings. The number of unbranched alkanes of at least 4 members (excludes halogenated alkanes) is 6. The number of phosphoric acid groups is 1. The minimum Gasteiger partial charge on any atom is -0.427 e. The van der Waals surface area contributed by atoms with Crippen LogP contribution in [0, 0.1) is 0 Å². The van der Waals surface area contributed by atoms with Crippen molar-refractivity contribution in [2.45, 2.75) is 111 Å². The first-order chi connectivity index (χ1) is 18.2. The summed E-state index contributed by atoms with van der Waals surface area (Å²) in [6.07, 6.45) is 8.34. The zero-order valence-electron chi connectivity index (χ0n) is 24.6. The van der Waals surface area contributed by atoms with Crippen molar-refractivity contribution < 1.29 is 32.5 Å². The predicted molar refractivity (Wildman–Crippen MR) is 154 cm³/mol. The van der Waals surface area contributed by atoms with Gasteiger partial charge in [-0.15, -0.1) is 0 Å². The van der Waals surface area contributed by atoms with E-state index in [1.165, 1.54) is 25.7 Å². The fraction of sp³-hybridized carbons (Fsp3) is 0.548. The SMILES string of the molecule is CCCCCCCCCC(=O)Oc1ccc(C(=O)c2ccc(OP(=O)(OC(C)(C)C)OC(C)(C)C)cc2)cc1. The number of phosphoric ester groups is 1. The summed E-state index contributed by atoms with van der Waals surface area (Å²) in [6, 6.07) is 12.8. The van der Waals surface area contributed by atoms with E-state index in [1.54, 1.807) is 90.1 Å². The third-order valence-corrected chi connectivity index (χ3v) is 7.41. The molecule has 7 nitrogen and oxygen atoms in total. The molecule has 0 bridgehead atoms. The molecule has 0 N–H and O–H groups in total. The summed E-state index contributed by atoms with van der Waals surface area (Å²) in [5, 5.41) is 0. The van der Waals surface area contributed by atoms with Gasteiger partial charge in [-0.1, -0.05) is 45.4 Å². The smallest absolute Gasteiger partial charge is 0.427 e. The molecule has 216 valence electrons. The summed E-state index contributed by atoms with van der Waals surface area (Å²) in [5.74, 6) is 0.201. The van der Waals surface area contributed by atoms with Gasteiger partial charge < -0.3 is 9.26 Å². The number of esters is 1. The lowest BCUT2D eigenvalue weighted by molar-refractivity contribution is -0.134. The largest absolute Gasteiger partial charge is 0.531 e. The van der Waals surface area contributed by atoms with E-state index in [1.807, 2.05) is 0 Å². The molecule has 2 rings (SSSR count). The molecule has 0 atom stereocenters. The highest BCUT2D eigenvalue weighted by molar-refractivity contribution is 7.49. The molecule has 2 aromatic rings. The first-order valence-electron chi connectivity index (χ1n) is 13.9. The highest BCUT2D eigenvalue weighted by atomic mass is 31.2. The minimum absolute atomic E-state index is 0.206. The number of carbonyl (C=O) groups excluding carboxylic acids is 2. The Morgan fingerprint density at radius 2 is 1.10 bits per heavy atom. The van der Waals surface area contributed by atoms with E-state index in [0.29, 0.717) is 23.3 Å². The zero-order valence-corrected chi connectivity index (χ0v) is 25.5. The van der Waals surface area contributed by atoms with Crippen LogP contribution >= 0.6 is 7.82 Å². The minimum atomic E-state index is -3.94. The fourth-order valence-electron chi connectivity index (χ4n) is 3.77. The van der Waals surface area contributed by atoms with Crippen molar-refractivity contribution in [2.75, 3.05) is 0 Å². The van der Waals surface area contributed by atoms with E-state index in [9.17, 15) is 14.2 Å². The summed E-state index contributed by atoms with van der Waals surface area (Å²) in [6.45, 7) is 12.8. The van der Waals surface area contributed by atoms with E-state index in [4.69, 9.17) is 18.3 Å². The number of carbonyl (C=O) groups is 2. The number of hydrogen-bond donors (Lipinski definition) is 0. The highest BCUT2D eigenvalue weighted by Crippen LogP contribution is 2.55. The van der Waals surface area contributed by atoms with Crippen molar-refractivity contribution in [3.8, 4) is 11.5 Å². The Bertz CT molecular complexity index is 1070. The van der Waals surface area contributed by atoms with Crippen LogP contribution in [0.15, 0.2) is 48.5 Å². The van der Waals surface area contributed by atoms with E-state index in [-0.39, 0.29) is 17.5 Å². The van der Waals surface area contributed by atoms with Crippen LogP contribution in [0.1, 0.15) is 116 Å². The van der Waals surface area contributed by atoms with Crippen molar-refractivity contribution in [1.82, 2.24) is 0 Å². The van der Waals surface area contributed by atoms with Gasteiger partial charge in [0.1, 0.15) is 11.5 Å². The second-order valence-electron chi connectivity index (χ2n) is 11.7. The number of ether oxygens (including phenoxy) is 1. The number of ketones is 1. The maximum absolute atomic E-state index is 13.3. The van der Waals surface area contributed by atoms with Gasteiger partial charge in [0.05, 0.1) is 11.2 Å². The van der Waals surface area contributed by atoms with Gasteiger partial charge in [-0.25, -0.2) is 4.57 Å².